The van der Waals surface area contributed by atoms with Crippen LogP contribution in [0.15, 0.2) is 18.2 Å². The quantitative estimate of drug-likeness (QED) is 0.631. The van der Waals surface area contributed by atoms with Crippen LogP contribution >= 0.6 is 11.6 Å². The van der Waals surface area contributed by atoms with Gasteiger partial charge in [0.1, 0.15) is 0 Å². The van der Waals surface area contributed by atoms with Crippen molar-refractivity contribution in [3.8, 4) is 6.07 Å². The second kappa shape index (κ2) is 6.84. The van der Waals surface area contributed by atoms with E-state index in [0.717, 1.165) is 0 Å². The fourth-order valence-electron chi connectivity index (χ4n) is 1.58. The smallest absolute Gasteiger partial charge is 0.256 e. The Bertz CT molecular complexity index is 470. The highest BCUT2D eigenvalue weighted by molar-refractivity contribution is 6.31. The zero-order valence-corrected chi connectivity index (χ0v) is 10.9. The van der Waals surface area contributed by atoms with Gasteiger partial charge in [-0.25, -0.2) is 0 Å². The van der Waals surface area contributed by atoms with Gasteiger partial charge < -0.3 is 10.3 Å². The Hall–Kier alpha value is -1.77. The number of nitrogen functional groups attached to an aromatic ring is 1. The fraction of sp³-hybridized carbons (Fsp3) is 0.333. The molecule has 0 bridgehead atoms. The molecule has 1 aromatic rings. The predicted molar refractivity (Wildman–Crippen MR) is 71.1 cm³/mol. The van der Waals surface area contributed by atoms with Gasteiger partial charge in [0.05, 0.1) is 23.7 Å². The first-order chi connectivity index (χ1) is 8.63. The first-order valence-corrected chi connectivity index (χ1v) is 5.94. The van der Waals surface area contributed by atoms with E-state index >= 15 is 0 Å². The van der Waals surface area contributed by atoms with E-state index in [0.29, 0.717) is 35.8 Å². The molecule has 0 aliphatic rings. The molecule has 96 valence electrons. The van der Waals surface area contributed by atoms with E-state index in [1.165, 1.54) is 0 Å². The van der Waals surface area contributed by atoms with Crippen molar-refractivity contribution < 1.29 is 4.79 Å². The van der Waals surface area contributed by atoms with Crippen molar-refractivity contribution in [3.05, 3.63) is 28.8 Å². The van der Waals surface area contributed by atoms with Gasteiger partial charge in [-0.15, -0.1) is 0 Å². The summed E-state index contributed by atoms with van der Waals surface area (Å²) in [6.07, 6.45) is 0.297. The average Bonchev–Trinajstić information content (AvgIpc) is 2.39. The lowest BCUT2D eigenvalue weighted by Crippen LogP contribution is -2.32. The molecule has 1 amide bonds. The highest BCUT2D eigenvalue weighted by Crippen LogP contribution is 2.21. The zero-order valence-electron chi connectivity index (χ0n) is 10.1. The van der Waals surface area contributed by atoms with Gasteiger partial charge in [-0.3, -0.25) is 10.6 Å². The first-order valence-electron chi connectivity index (χ1n) is 5.56. The average molecular weight is 267 g/mol. The molecule has 0 aliphatic heterocycles. The third-order valence-electron chi connectivity index (χ3n) is 2.53. The van der Waals surface area contributed by atoms with Crippen LogP contribution in [0.2, 0.25) is 5.02 Å². The molecule has 3 N–H and O–H groups in total. The van der Waals surface area contributed by atoms with E-state index in [1.807, 2.05) is 13.0 Å². The van der Waals surface area contributed by atoms with E-state index in [1.54, 1.807) is 23.1 Å². The van der Waals surface area contributed by atoms with Crippen LogP contribution in [0.1, 0.15) is 23.7 Å². The van der Waals surface area contributed by atoms with E-state index in [9.17, 15) is 4.79 Å². The third kappa shape index (κ3) is 3.36. The standard InChI is InChI=1S/C12H15ClN4O/c1-2-17(7-3-6-14)12(18)10-8-9(13)4-5-11(10)16-15/h4-5,8,16H,2-3,7,15H2,1H3. The van der Waals surface area contributed by atoms with E-state index in [-0.39, 0.29) is 5.91 Å². The molecular formula is C12H15ClN4O. The Morgan fingerprint density at radius 3 is 2.89 bits per heavy atom. The lowest BCUT2D eigenvalue weighted by Gasteiger charge is -2.21. The van der Waals surface area contributed by atoms with Gasteiger partial charge in [0.25, 0.3) is 5.91 Å². The summed E-state index contributed by atoms with van der Waals surface area (Å²) in [5, 5.41) is 9.03. The Morgan fingerprint density at radius 1 is 1.61 bits per heavy atom. The van der Waals surface area contributed by atoms with Crippen LogP contribution in [-0.4, -0.2) is 23.9 Å². The predicted octanol–water partition coefficient (Wildman–Crippen LogP) is 2.00. The largest absolute Gasteiger partial charge is 0.338 e. The summed E-state index contributed by atoms with van der Waals surface area (Å²) in [5.41, 5.74) is 3.39. The molecule has 0 atom stereocenters. The number of carbonyl (C=O) groups excluding carboxylic acids is 1. The van der Waals surface area contributed by atoms with Gasteiger partial charge in [0.2, 0.25) is 0 Å². The lowest BCUT2D eigenvalue weighted by atomic mass is 10.1. The topological polar surface area (TPSA) is 82.2 Å². The van der Waals surface area contributed by atoms with Crippen LogP contribution in [0.4, 0.5) is 5.69 Å². The third-order valence-corrected chi connectivity index (χ3v) is 2.77. The number of nitrogens with one attached hydrogen (secondary N) is 1. The number of carbonyl (C=O) groups is 1. The van der Waals surface area contributed by atoms with Crippen molar-refractivity contribution in [2.45, 2.75) is 13.3 Å². The molecule has 18 heavy (non-hydrogen) atoms. The highest BCUT2D eigenvalue weighted by Gasteiger charge is 2.17. The minimum Gasteiger partial charge on any atom is -0.338 e. The maximum atomic E-state index is 12.3. The van der Waals surface area contributed by atoms with Crippen LogP contribution in [-0.2, 0) is 0 Å². The Labute approximate surface area is 111 Å². The second-order valence-corrected chi connectivity index (χ2v) is 4.06. The van der Waals surface area contributed by atoms with Crippen LogP contribution < -0.4 is 11.3 Å². The maximum Gasteiger partial charge on any atom is 0.256 e. The van der Waals surface area contributed by atoms with Crippen LogP contribution in [0.3, 0.4) is 0 Å². The summed E-state index contributed by atoms with van der Waals surface area (Å²) in [6.45, 7) is 2.77. The molecule has 1 rings (SSSR count). The van der Waals surface area contributed by atoms with Gasteiger partial charge >= 0.3 is 0 Å². The van der Waals surface area contributed by atoms with Gasteiger partial charge in [0.15, 0.2) is 0 Å². The van der Waals surface area contributed by atoms with Crippen molar-refractivity contribution >= 4 is 23.2 Å². The van der Waals surface area contributed by atoms with E-state index in [2.05, 4.69) is 5.43 Å². The van der Waals surface area contributed by atoms with Gasteiger partial charge in [-0.1, -0.05) is 11.6 Å². The normalized spacial score (nSPS) is 9.67. The molecule has 0 saturated carbocycles. The van der Waals surface area contributed by atoms with Gasteiger partial charge in [-0.05, 0) is 25.1 Å². The number of nitriles is 1. The van der Waals surface area contributed by atoms with Crippen molar-refractivity contribution in [1.82, 2.24) is 4.90 Å². The number of nitrogens with zero attached hydrogens (tertiary/aromatic N) is 2. The van der Waals surface area contributed by atoms with Crippen molar-refractivity contribution in [2.75, 3.05) is 18.5 Å². The summed E-state index contributed by atoms with van der Waals surface area (Å²) in [7, 11) is 0. The molecule has 0 fully saturated rings. The Kier molecular flexibility index (Phi) is 5.43. The number of anilines is 1. The number of benzene rings is 1. The molecule has 0 aliphatic carbocycles. The lowest BCUT2D eigenvalue weighted by molar-refractivity contribution is 0.0768. The Balaban J connectivity index is 3.00. The summed E-state index contributed by atoms with van der Waals surface area (Å²) in [5.74, 6) is 5.17. The molecule has 0 unspecified atom stereocenters. The molecule has 6 heteroatoms. The fourth-order valence-corrected chi connectivity index (χ4v) is 1.75. The van der Waals surface area contributed by atoms with Crippen LogP contribution in [0.25, 0.3) is 0 Å². The first kappa shape index (κ1) is 14.3. The van der Waals surface area contributed by atoms with Gasteiger partial charge in [0, 0.05) is 18.1 Å². The number of amides is 1. The van der Waals surface area contributed by atoms with E-state index < -0.39 is 0 Å². The molecule has 0 radical (unpaired) electrons. The zero-order chi connectivity index (χ0) is 13.5. The number of nitrogens with two attached hydrogens (primary N) is 1. The van der Waals surface area contributed by atoms with Crippen molar-refractivity contribution in [2.24, 2.45) is 5.84 Å². The summed E-state index contributed by atoms with van der Waals surface area (Å²) in [6, 6.07) is 6.88. The van der Waals surface area contributed by atoms with Crippen LogP contribution in [0.5, 0.6) is 0 Å². The number of rotatable bonds is 5. The second-order valence-electron chi connectivity index (χ2n) is 3.63. The molecule has 5 nitrogen and oxygen atoms in total. The number of hydrogen-bond acceptors (Lipinski definition) is 4. The summed E-state index contributed by atoms with van der Waals surface area (Å²) in [4.78, 5) is 13.9. The molecule has 0 aromatic heterocycles. The molecule has 1 aromatic carbocycles. The maximum absolute atomic E-state index is 12.3. The molecule has 0 spiro atoms. The molecule has 0 saturated heterocycles. The molecular weight excluding hydrogens is 252 g/mol. The SMILES string of the molecule is CCN(CCC#N)C(=O)c1cc(Cl)ccc1NN. The molecule has 0 heterocycles. The summed E-state index contributed by atoms with van der Waals surface area (Å²) >= 11 is 5.88. The van der Waals surface area contributed by atoms with Crippen molar-refractivity contribution in [1.29, 1.82) is 5.26 Å². The summed E-state index contributed by atoms with van der Waals surface area (Å²) < 4.78 is 0. The minimum absolute atomic E-state index is 0.191. The minimum atomic E-state index is -0.191. The monoisotopic (exact) mass is 266 g/mol. The number of hydrazine groups is 1. The van der Waals surface area contributed by atoms with E-state index in [4.69, 9.17) is 22.7 Å². The van der Waals surface area contributed by atoms with Crippen LogP contribution in [0, 0.1) is 11.3 Å². The Morgan fingerprint density at radius 2 is 2.33 bits per heavy atom. The van der Waals surface area contributed by atoms with Crippen molar-refractivity contribution in [3.63, 3.8) is 0 Å². The number of hydrogen-bond donors (Lipinski definition) is 2. The highest BCUT2D eigenvalue weighted by atomic mass is 35.5. The van der Waals surface area contributed by atoms with Gasteiger partial charge in [-0.2, -0.15) is 5.26 Å². The number of halogens is 1.